The number of likely N-dealkylation sites (tertiary alicyclic amines) is 1. The summed E-state index contributed by atoms with van der Waals surface area (Å²) in [4.78, 5) is 40.7. The number of anilines is 1. The van der Waals surface area contributed by atoms with Crippen LogP contribution in [0.15, 0.2) is 83.8 Å². The number of nitrogens with one attached hydrogen (secondary N) is 2. The summed E-state index contributed by atoms with van der Waals surface area (Å²) in [6, 6.07) is 24.0. The van der Waals surface area contributed by atoms with E-state index in [1.807, 2.05) is 73.7 Å². The number of aryl methyl sites for hydroxylation is 1. The molecule has 1 unspecified atom stereocenters. The van der Waals surface area contributed by atoms with Gasteiger partial charge in [0.25, 0.3) is 5.91 Å². The number of hydrogen-bond donors (Lipinski definition) is 2. The first-order chi connectivity index (χ1) is 16.5. The van der Waals surface area contributed by atoms with E-state index in [1.165, 1.54) is 11.8 Å². The third kappa shape index (κ3) is 6.05. The van der Waals surface area contributed by atoms with E-state index in [-0.39, 0.29) is 23.5 Å². The Labute approximate surface area is 203 Å². The third-order valence-corrected chi connectivity index (χ3v) is 6.72. The van der Waals surface area contributed by atoms with Gasteiger partial charge in [0.1, 0.15) is 6.04 Å². The Morgan fingerprint density at radius 3 is 2.44 bits per heavy atom. The Hall–Kier alpha value is -3.58. The summed E-state index contributed by atoms with van der Waals surface area (Å²) >= 11 is 1.30. The molecule has 3 aromatic carbocycles. The lowest BCUT2D eigenvalue weighted by atomic mass is 10.2. The summed E-state index contributed by atoms with van der Waals surface area (Å²) in [5.41, 5.74) is 3.39. The van der Waals surface area contributed by atoms with E-state index in [4.69, 9.17) is 0 Å². The molecule has 174 valence electrons. The van der Waals surface area contributed by atoms with Crippen LogP contribution in [-0.4, -0.2) is 41.0 Å². The molecule has 0 spiro atoms. The predicted octanol–water partition coefficient (Wildman–Crippen LogP) is 4.26. The lowest BCUT2D eigenvalue weighted by molar-refractivity contribution is -0.129. The first kappa shape index (κ1) is 23.6. The zero-order valence-electron chi connectivity index (χ0n) is 19.0. The van der Waals surface area contributed by atoms with Gasteiger partial charge in [0.05, 0.1) is 11.3 Å². The predicted molar refractivity (Wildman–Crippen MR) is 135 cm³/mol. The fraction of sp³-hybridized carbons (Fsp3) is 0.222. The Morgan fingerprint density at radius 1 is 0.971 bits per heavy atom. The van der Waals surface area contributed by atoms with Crippen LogP contribution in [-0.2, 0) is 16.1 Å². The lowest BCUT2D eigenvalue weighted by Gasteiger charge is -2.17. The fourth-order valence-corrected chi connectivity index (χ4v) is 4.68. The van der Waals surface area contributed by atoms with Crippen LogP contribution in [0.2, 0.25) is 0 Å². The molecule has 0 aromatic heterocycles. The zero-order chi connectivity index (χ0) is 23.9. The minimum Gasteiger partial charge on any atom is -0.340 e. The first-order valence-electron chi connectivity index (χ1n) is 11.2. The Morgan fingerprint density at radius 2 is 1.68 bits per heavy atom. The fourth-order valence-electron chi connectivity index (χ4n) is 3.83. The largest absolute Gasteiger partial charge is 0.340 e. The van der Waals surface area contributed by atoms with Crippen molar-refractivity contribution in [3.05, 3.63) is 95.6 Å². The van der Waals surface area contributed by atoms with Crippen molar-refractivity contribution in [2.45, 2.75) is 30.8 Å². The highest BCUT2D eigenvalue weighted by molar-refractivity contribution is 8.00. The molecule has 1 aliphatic rings. The van der Waals surface area contributed by atoms with Crippen LogP contribution >= 0.6 is 11.8 Å². The summed E-state index contributed by atoms with van der Waals surface area (Å²) in [5, 5.41) is 5.76. The van der Waals surface area contributed by atoms with Crippen LogP contribution in [0.4, 0.5) is 5.69 Å². The van der Waals surface area contributed by atoms with Crippen LogP contribution < -0.4 is 10.6 Å². The quantitative estimate of drug-likeness (QED) is 0.479. The van der Waals surface area contributed by atoms with Crippen LogP contribution in [0.5, 0.6) is 0 Å². The number of thioether (sulfide) groups is 1. The molecule has 0 radical (unpaired) electrons. The van der Waals surface area contributed by atoms with Crippen molar-refractivity contribution in [2.24, 2.45) is 0 Å². The van der Waals surface area contributed by atoms with E-state index in [1.54, 1.807) is 17.0 Å². The van der Waals surface area contributed by atoms with Gasteiger partial charge in [0.2, 0.25) is 11.8 Å². The maximum Gasteiger partial charge on any atom is 0.253 e. The van der Waals surface area contributed by atoms with Crippen LogP contribution in [0, 0.1) is 6.92 Å². The van der Waals surface area contributed by atoms with Gasteiger partial charge in [-0.2, -0.15) is 0 Å². The van der Waals surface area contributed by atoms with Gasteiger partial charge >= 0.3 is 0 Å². The molecule has 34 heavy (non-hydrogen) atoms. The number of benzene rings is 3. The molecular formula is C27H27N3O3S. The summed E-state index contributed by atoms with van der Waals surface area (Å²) in [6.45, 7) is 3.13. The molecule has 1 fully saturated rings. The topological polar surface area (TPSA) is 78.5 Å². The number of carbonyl (C=O) groups is 3. The summed E-state index contributed by atoms with van der Waals surface area (Å²) < 4.78 is 0. The highest BCUT2D eigenvalue weighted by Crippen LogP contribution is 2.24. The number of hydrogen-bond acceptors (Lipinski definition) is 4. The molecule has 1 saturated heterocycles. The molecular weight excluding hydrogens is 446 g/mol. The number of rotatable bonds is 8. The summed E-state index contributed by atoms with van der Waals surface area (Å²) in [6.07, 6.45) is 0.575. The van der Waals surface area contributed by atoms with Crippen molar-refractivity contribution in [2.75, 3.05) is 17.6 Å². The van der Waals surface area contributed by atoms with E-state index in [9.17, 15) is 14.4 Å². The molecule has 0 aliphatic carbocycles. The minimum absolute atomic E-state index is 0.0696. The smallest absolute Gasteiger partial charge is 0.253 e. The molecule has 1 atom stereocenters. The Bertz CT molecular complexity index is 1170. The Balaban J connectivity index is 1.33. The van der Waals surface area contributed by atoms with Crippen molar-refractivity contribution < 1.29 is 14.4 Å². The molecule has 3 aromatic rings. The molecule has 7 heteroatoms. The molecule has 4 rings (SSSR count). The summed E-state index contributed by atoms with van der Waals surface area (Å²) in [5.74, 6) is -0.348. The van der Waals surface area contributed by atoms with Gasteiger partial charge in [0.15, 0.2) is 0 Å². The van der Waals surface area contributed by atoms with Crippen molar-refractivity contribution in [1.82, 2.24) is 10.2 Å². The van der Waals surface area contributed by atoms with Crippen molar-refractivity contribution in [3.8, 4) is 0 Å². The van der Waals surface area contributed by atoms with E-state index >= 15 is 0 Å². The van der Waals surface area contributed by atoms with E-state index in [0.29, 0.717) is 30.0 Å². The molecule has 1 heterocycles. The van der Waals surface area contributed by atoms with Crippen LogP contribution in [0.25, 0.3) is 0 Å². The van der Waals surface area contributed by atoms with Gasteiger partial charge in [-0.15, -0.1) is 11.8 Å². The van der Waals surface area contributed by atoms with Crippen LogP contribution in [0.1, 0.15) is 27.9 Å². The Kier molecular flexibility index (Phi) is 7.65. The van der Waals surface area contributed by atoms with Crippen molar-refractivity contribution in [3.63, 3.8) is 0 Å². The molecule has 1 aliphatic heterocycles. The molecule has 0 saturated carbocycles. The average molecular weight is 474 g/mol. The van der Waals surface area contributed by atoms with Crippen molar-refractivity contribution >= 4 is 35.2 Å². The molecule has 3 amide bonds. The summed E-state index contributed by atoms with van der Waals surface area (Å²) in [7, 11) is 0. The van der Waals surface area contributed by atoms with E-state index in [2.05, 4.69) is 10.6 Å². The van der Waals surface area contributed by atoms with Crippen molar-refractivity contribution in [1.29, 1.82) is 0 Å². The monoisotopic (exact) mass is 473 g/mol. The minimum atomic E-state index is -0.542. The zero-order valence-corrected chi connectivity index (χ0v) is 19.8. The second-order valence-electron chi connectivity index (χ2n) is 8.26. The average Bonchev–Trinajstić information content (AvgIpc) is 3.18. The maximum absolute atomic E-state index is 13.0. The standard InChI is InChI=1S/C27H27N3O3S/c1-19-11-13-21(14-12-19)28-25(31)18-34-24-10-6-5-9-22(24)26(32)29-23-15-16-30(27(23)33)17-20-7-3-2-4-8-20/h2-14,23H,15-18H2,1H3,(H,28,31)(H,29,32). The lowest BCUT2D eigenvalue weighted by Crippen LogP contribution is -2.41. The first-order valence-corrected chi connectivity index (χ1v) is 12.2. The molecule has 0 bridgehead atoms. The third-order valence-electron chi connectivity index (χ3n) is 5.64. The number of carbonyl (C=O) groups excluding carboxylic acids is 3. The van der Waals surface area contributed by atoms with E-state index in [0.717, 1.165) is 16.8 Å². The number of nitrogens with zero attached hydrogens (tertiary/aromatic N) is 1. The second-order valence-corrected chi connectivity index (χ2v) is 9.28. The highest BCUT2D eigenvalue weighted by atomic mass is 32.2. The SMILES string of the molecule is Cc1ccc(NC(=O)CSc2ccccc2C(=O)NC2CCN(Cc3ccccc3)C2=O)cc1. The van der Waals surface area contributed by atoms with E-state index < -0.39 is 6.04 Å². The van der Waals surface area contributed by atoms with Gasteiger partial charge in [-0.25, -0.2) is 0 Å². The van der Waals surface area contributed by atoms with Gasteiger partial charge in [-0.1, -0.05) is 60.2 Å². The van der Waals surface area contributed by atoms with Gasteiger partial charge in [-0.05, 0) is 43.2 Å². The van der Waals surface area contributed by atoms with Gasteiger partial charge in [0, 0.05) is 23.7 Å². The normalized spacial score (nSPS) is 15.3. The highest BCUT2D eigenvalue weighted by Gasteiger charge is 2.33. The maximum atomic E-state index is 13.0. The number of amides is 3. The molecule has 6 nitrogen and oxygen atoms in total. The van der Waals surface area contributed by atoms with Gasteiger partial charge < -0.3 is 15.5 Å². The van der Waals surface area contributed by atoms with Crippen LogP contribution in [0.3, 0.4) is 0 Å². The second kappa shape index (κ2) is 11.0. The molecule has 2 N–H and O–H groups in total. The van der Waals surface area contributed by atoms with Gasteiger partial charge in [-0.3, -0.25) is 14.4 Å².